The van der Waals surface area contributed by atoms with Gasteiger partial charge in [-0.3, -0.25) is 14.5 Å². The van der Waals surface area contributed by atoms with Crippen LogP contribution in [0.25, 0.3) is 0 Å². The molecule has 2 aliphatic rings. The molecule has 19 heavy (non-hydrogen) atoms. The average molecular weight is 269 g/mol. The van der Waals surface area contributed by atoms with E-state index >= 15 is 0 Å². The van der Waals surface area contributed by atoms with Crippen molar-refractivity contribution in [1.29, 1.82) is 0 Å². The summed E-state index contributed by atoms with van der Waals surface area (Å²) in [6, 6.07) is 0.566. The Morgan fingerprint density at radius 3 is 2.68 bits per heavy atom. The lowest BCUT2D eigenvalue weighted by atomic mass is 9.87. The van der Waals surface area contributed by atoms with Crippen molar-refractivity contribution in [2.24, 2.45) is 5.92 Å². The van der Waals surface area contributed by atoms with E-state index in [1.54, 1.807) is 0 Å². The third-order valence-electron chi connectivity index (χ3n) is 4.42. The zero-order valence-corrected chi connectivity index (χ0v) is 11.9. The monoisotopic (exact) mass is 269 g/mol. The van der Waals surface area contributed by atoms with Crippen molar-refractivity contribution in [1.82, 2.24) is 4.90 Å². The highest BCUT2D eigenvalue weighted by Crippen LogP contribution is 2.40. The van der Waals surface area contributed by atoms with Crippen molar-refractivity contribution in [3.8, 4) is 0 Å². The SMILES string of the molecule is CCCC(=O)O[C@H]1C[C@@H]2CC[C@H]([C@H]1C(=O)OC)N2C. The maximum absolute atomic E-state index is 12.0. The number of piperidine rings is 1. The first-order valence-electron chi connectivity index (χ1n) is 7.07. The summed E-state index contributed by atoms with van der Waals surface area (Å²) in [6.45, 7) is 1.94. The lowest BCUT2D eigenvalue weighted by Gasteiger charge is -2.40. The van der Waals surface area contributed by atoms with Crippen LogP contribution in [-0.4, -0.2) is 49.2 Å². The summed E-state index contributed by atoms with van der Waals surface area (Å²) in [5.74, 6) is -0.800. The number of hydrogen-bond acceptors (Lipinski definition) is 5. The molecule has 0 amide bonds. The predicted octanol–water partition coefficient (Wildman–Crippen LogP) is 1.35. The number of esters is 2. The Morgan fingerprint density at radius 2 is 2.05 bits per heavy atom. The Labute approximate surface area is 114 Å². The van der Waals surface area contributed by atoms with Crippen LogP contribution in [0.1, 0.15) is 39.0 Å². The van der Waals surface area contributed by atoms with E-state index in [1.165, 1.54) is 7.11 Å². The summed E-state index contributed by atoms with van der Waals surface area (Å²) in [5.41, 5.74) is 0. The van der Waals surface area contributed by atoms with Gasteiger partial charge in [-0.2, -0.15) is 0 Å². The first kappa shape index (κ1) is 14.3. The highest BCUT2D eigenvalue weighted by molar-refractivity contribution is 5.75. The molecule has 0 N–H and O–H groups in total. The van der Waals surface area contributed by atoms with Crippen molar-refractivity contribution in [3.63, 3.8) is 0 Å². The van der Waals surface area contributed by atoms with Gasteiger partial charge in [-0.15, -0.1) is 0 Å². The molecular weight excluding hydrogens is 246 g/mol. The number of ether oxygens (including phenoxy) is 2. The molecule has 2 bridgehead atoms. The second kappa shape index (κ2) is 5.90. The minimum absolute atomic E-state index is 0.144. The van der Waals surface area contributed by atoms with E-state index in [-0.39, 0.29) is 30.0 Å². The van der Waals surface area contributed by atoms with Crippen LogP contribution in [0, 0.1) is 5.92 Å². The number of nitrogens with zero attached hydrogens (tertiary/aromatic N) is 1. The third-order valence-corrected chi connectivity index (χ3v) is 4.42. The Kier molecular flexibility index (Phi) is 4.45. The molecule has 0 radical (unpaired) electrons. The van der Waals surface area contributed by atoms with Crippen LogP contribution >= 0.6 is 0 Å². The van der Waals surface area contributed by atoms with Crippen molar-refractivity contribution in [3.05, 3.63) is 0 Å². The molecule has 0 unspecified atom stereocenters. The number of fused-ring (bicyclic) bond motifs is 2. The number of carbonyl (C=O) groups excluding carboxylic acids is 2. The van der Waals surface area contributed by atoms with Crippen LogP contribution in [0.2, 0.25) is 0 Å². The molecule has 0 aliphatic carbocycles. The molecule has 2 rings (SSSR count). The number of hydrogen-bond donors (Lipinski definition) is 0. The highest BCUT2D eigenvalue weighted by atomic mass is 16.6. The van der Waals surface area contributed by atoms with E-state index in [4.69, 9.17) is 9.47 Å². The van der Waals surface area contributed by atoms with Gasteiger partial charge < -0.3 is 9.47 Å². The van der Waals surface area contributed by atoms with Gasteiger partial charge in [0.25, 0.3) is 0 Å². The Balaban J connectivity index is 2.11. The summed E-state index contributed by atoms with van der Waals surface area (Å²) in [4.78, 5) is 25.9. The molecule has 2 saturated heterocycles. The maximum atomic E-state index is 12.0. The largest absolute Gasteiger partial charge is 0.469 e. The molecule has 2 aliphatic heterocycles. The standard InChI is InChI=1S/C14H23NO4/c1-4-5-12(16)19-11-8-9-6-7-10(15(9)2)13(11)14(17)18-3/h9-11,13H,4-8H2,1-3H3/t9-,10+,11-,13+/m0/s1. The van der Waals surface area contributed by atoms with E-state index < -0.39 is 0 Å². The quantitative estimate of drug-likeness (QED) is 0.721. The van der Waals surface area contributed by atoms with Gasteiger partial charge in [-0.05, 0) is 26.3 Å². The second-order valence-electron chi connectivity index (χ2n) is 5.53. The molecule has 0 aromatic heterocycles. The zero-order valence-electron chi connectivity index (χ0n) is 11.9. The van der Waals surface area contributed by atoms with Gasteiger partial charge in [-0.1, -0.05) is 6.92 Å². The van der Waals surface area contributed by atoms with Crippen molar-refractivity contribution < 1.29 is 19.1 Å². The minimum Gasteiger partial charge on any atom is -0.469 e. The summed E-state index contributed by atoms with van der Waals surface area (Å²) >= 11 is 0. The van der Waals surface area contributed by atoms with Crippen LogP contribution in [0.3, 0.4) is 0 Å². The van der Waals surface area contributed by atoms with E-state index in [9.17, 15) is 9.59 Å². The summed E-state index contributed by atoms with van der Waals surface area (Å²) in [7, 11) is 3.44. The Morgan fingerprint density at radius 1 is 1.32 bits per heavy atom. The number of rotatable bonds is 4. The van der Waals surface area contributed by atoms with E-state index in [2.05, 4.69) is 4.90 Å². The summed E-state index contributed by atoms with van der Waals surface area (Å²) in [6.07, 6.45) is 3.64. The number of carbonyl (C=O) groups is 2. The van der Waals surface area contributed by atoms with Gasteiger partial charge in [0.05, 0.1) is 7.11 Å². The Hall–Kier alpha value is -1.10. The van der Waals surface area contributed by atoms with Gasteiger partial charge >= 0.3 is 11.9 Å². The smallest absolute Gasteiger partial charge is 0.314 e. The summed E-state index contributed by atoms with van der Waals surface area (Å²) in [5, 5.41) is 0. The molecular formula is C14H23NO4. The Bertz CT molecular complexity index is 357. The fourth-order valence-corrected chi connectivity index (χ4v) is 3.42. The van der Waals surface area contributed by atoms with Crippen LogP contribution in [-0.2, 0) is 19.1 Å². The maximum Gasteiger partial charge on any atom is 0.314 e. The first-order valence-corrected chi connectivity index (χ1v) is 7.07. The van der Waals surface area contributed by atoms with Gasteiger partial charge in [0.15, 0.2) is 0 Å². The zero-order chi connectivity index (χ0) is 14.0. The molecule has 4 atom stereocenters. The lowest BCUT2D eigenvalue weighted by Crippen LogP contribution is -2.53. The lowest BCUT2D eigenvalue weighted by molar-refractivity contribution is -0.168. The topological polar surface area (TPSA) is 55.8 Å². The molecule has 108 valence electrons. The van der Waals surface area contributed by atoms with Crippen LogP contribution in [0.5, 0.6) is 0 Å². The second-order valence-corrected chi connectivity index (χ2v) is 5.53. The van der Waals surface area contributed by atoms with Gasteiger partial charge in [0, 0.05) is 24.9 Å². The fraction of sp³-hybridized carbons (Fsp3) is 0.857. The molecule has 0 aromatic carbocycles. The highest BCUT2D eigenvalue weighted by Gasteiger charge is 2.50. The third kappa shape index (κ3) is 2.76. The first-order chi connectivity index (χ1) is 9.08. The van der Waals surface area contributed by atoms with E-state index in [1.807, 2.05) is 14.0 Å². The number of methoxy groups -OCH3 is 1. The van der Waals surface area contributed by atoms with Crippen molar-refractivity contribution in [2.75, 3.05) is 14.2 Å². The average Bonchev–Trinajstić information content (AvgIpc) is 2.62. The molecule has 5 heteroatoms. The molecule has 0 saturated carbocycles. The van der Waals surface area contributed by atoms with Crippen LogP contribution in [0.15, 0.2) is 0 Å². The molecule has 0 spiro atoms. The van der Waals surface area contributed by atoms with Gasteiger partial charge in [0.1, 0.15) is 12.0 Å². The molecule has 0 aromatic rings. The summed E-state index contributed by atoms with van der Waals surface area (Å²) < 4.78 is 10.4. The van der Waals surface area contributed by atoms with Crippen molar-refractivity contribution >= 4 is 11.9 Å². The van der Waals surface area contributed by atoms with Crippen molar-refractivity contribution in [2.45, 2.75) is 57.2 Å². The van der Waals surface area contributed by atoms with Crippen LogP contribution < -0.4 is 0 Å². The predicted molar refractivity (Wildman–Crippen MR) is 69.5 cm³/mol. The molecule has 2 fully saturated rings. The fourth-order valence-electron chi connectivity index (χ4n) is 3.42. The van der Waals surface area contributed by atoms with Gasteiger partial charge in [0.2, 0.25) is 0 Å². The van der Waals surface area contributed by atoms with Crippen LogP contribution in [0.4, 0.5) is 0 Å². The normalized spacial score (nSPS) is 34.1. The van der Waals surface area contributed by atoms with Gasteiger partial charge in [-0.25, -0.2) is 0 Å². The molecule has 5 nitrogen and oxygen atoms in total. The molecule has 2 heterocycles. The van der Waals surface area contributed by atoms with E-state index in [0.29, 0.717) is 12.5 Å². The van der Waals surface area contributed by atoms with E-state index in [0.717, 1.165) is 25.7 Å². The minimum atomic E-state index is -0.338.